The Bertz CT molecular complexity index is 760. The molecule has 1 amide bonds. The van der Waals surface area contributed by atoms with Gasteiger partial charge in [-0.3, -0.25) is 4.79 Å². The molecular formula is C20H25N3O2. The van der Waals surface area contributed by atoms with Gasteiger partial charge in [-0.1, -0.05) is 35.0 Å². The highest BCUT2D eigenvalue weighted by Crippen LogP contribution is 2.48. The monoisotopic (exact) mass is 339 g/mol. The Balaban J connectivity index is 1.66. The first-order valence-electron chi connectivity index (χ1n) is 9.07. The van der Waals surface area contributed by atoms with Crippen LogP contribution in [-0.4, -0.2) is 35.6 Å². The molecule has 0 bridgehead atoms. The molecule has 1 aromatic heterocycles. The SMILES string of the molecule is Cc1ccc(C2CN(Cc3cc(C)on3)C(=O)C23CCCNC3)cc1. The lowest BCUT2D eigenvalue weighted by molar-refractivity contribution is -0.137. The summed E-state index contributed by atoms with van der Waals surface area (Å²) >= 11 is 0. The number of benzene rings is 1. The fraction of sp³-hybridized carbons (Fsp3) is 0.500. The molecule has 0 saturated carbocycles. The third kappa shape index (κ3) is 2.86. The fourth-order valence-electron chi connectivity index (χ4n) is 4.40. The van der Waals surface area contributed by atoms with Crippen LogP contribution in [-0.2, 0) is 11.3 Å². The zero-order chi connectivity index (χ0) is 17.4. The minimum Gasteiger partial charge on any atom is -0.361 e. The number of amides is 1. The first-order valence-corrected chi connectivity index (χ1v) is 9.07. The van der Waals surface area contributed by atoms with Crippen molar-refractivity contribution >= 4 is 5.91 Å². The Hall–Kier alpha value is -2.14. The molecule has 0 aliphatic carbocycles. The van der Waals surface area contributed by atoms with Crippen molar-refractivity contribution < 1.29 is 9.32 Å². The van der Waals surface area contributed by atoms with E-state index >= 15 is 0 Å². The maximum absolute atomic E-state index is 13.4. The van der Waals surface area contributed by atoms with Gasteiger partial charge in [-0.15, -0.1) is 0 Å². The summed E-state index contributed by atoms with van der Waals surface area (Å²) in [6, 6.07) is 10.6. The van der Waals surface area contributed by atoms with Gasteiger partial charge in [0.1, 0.15) is 11.5 Å². The van der Waals surface area contributed by atoms with E-state index in [2.05, 4.69) is 41.7 Å². The van der Waals surface area contributed by atoms with Crippen LogP contribution in [0.5, 0.6) is 0 Å². The molecule has 2 aliphatic rings. The summed E-state index contributed by atoms with van der Waals surface area (Å²) in [5.74, 6) is 1.26. The normalized spacial score (nSPS) is 26.6. The molecule has 132 valence electrons. The summed E-state index contributed by atoms with van der Waals surface area (Å²) in [4.78, 5) is 15.3. The van der Waals surface area contributed by atoms with Gasteiger partial charge < -0.3 is 14.7 Å². The molecule has 5 nitrogen and oxygen atoms in total. The Morgan fingerprint density at radius 2 is 2.12 bits per heavy atom. The molecule has 2 aliphatic heterocycles. The maximum Gasteiger partial charge on any atom is 0.231 e. The van der Waals surface area contributed by atoms with Crippen molar-refractivity contribution in [2.45, 2.75) is 39.2 Å². The van der Waals surface area contributed by atoms with Gasteiger partial charge in [-0.2, -0.15) is 0 Å². The zero-order valence-corrected chi connectivity index (χ0v) is 14.9. The van der Waals surface area contributed by atoms with Gasteiger partial charge in [0.05, 0.1) is 12.0 Å². The molecule has 5 heteroatoms. The second kappa shape index (κ2) is 6.30. The average molecular weight is 339 g/mol. The van der Waals surface area contributed by atoms with Crippen molar-refractivity contribution in [1.82, 2.24) is 15.4 Å². The number of aromatic nitrogens is 1. The second-order valence-corrected chi connectivity index (χ2v) is 7.51. The fourth-order valence-corrected chi connectivity index (χ4v) is 4.40. The predicted molar refractivity (Wildman–Crippen MR) is 95.1 cm³/mol. The van der Waals surface area contributed by atoms with Crippen molar-refractivity contribution in [2.75, 3.05) is 19.6 Å². The Labute approximate surface area is 148 Å². The summed E-state index contributed by atoms with van der Waals surface area (Å²) in [6.45, 7) is 7.01. The van der Waals surface area contributed by atoms with Crippen LogP contribution in [0.4, 0.5) is 0 Å². The molecule has 2 aromatic rings. The van der Waals surface area contributed by atoms with Crippen LogP contribution in [0.1, 0.15) is 41.3 Å². The molecule has 25 heavy (non-hydrogen) atoms. The van der Waals surface area contributed by atoms with E-state index in [9.17, 15) is 4.79 Å². The van der Waals surface area contributed by atoms with Crippen LogP contribution in [0.2, 0.25) is 0 Å². The van der Waals surface area contributed by atoms with Gasteiger partial charge in [0, 0.05) is 25.1 Å². The summed E-state index contributed by atoms with van der Waals surface area (Å²) in [5.41, 5.74) is 3.02. The van der Waals surface area contributed by atoms with Crippen molar-refractivity contribution in [1.29, 1.82) is 0 Å². The smallest absolute Gasteiger partial charge is 0.231 e. The number of carbonyl (C=O) groups is 1. The van der Waals surface area contributed by atoms with E-state index in [0.29, 0.717) is 6.54 Å². The van der Waals surface area contributed by atoms with Crippen LogP contribution in [0.15, 0.2) is 34.9 Å². The van der Waals surface area contributed by atoms with Crippen molar-refractivity contribution in [2.24, 2.45) is 5.41 Å². The van der Waals surface area contributed by atoms with Gasteiger partial charge in [0.15, 0.2) is 0 Å². The van der Waals surface area contributed by atoms with Gasteiger partial charge in [-0.05, 0) is 38.8 Å². The zero-order valence-electron chi connectivity index (χ0n) is 14.9. The second-order valence-electron chi connectivity index (χ2n) is 7.51. The average Bonchev–Trinajstić information content (AvgIpc) is 3.14. The number of hydrogen-bond acceptors (Lipinski definition) is 4. The first-order chi connectivity index (χ1) is 12.1. The van der Waals surface area contributed by atoms with Crippen molar-refractivity contribution in [3.8, 4) is 0 Å². The van der Waals surface area contributed by atoms with Crippen molar-refractivity contribution in [3.05, 3.63) is 52.9 Å². The molecule has 1 spiro atoms. The lowest BCUT2D eigenvalue weighted by Crippen LogP contribution is -2.47. The number of hydrogen-bond donors (Lipinski definition) is 1. The minimum absolute atomic E-state index is 0.224. The molecule has 2 unspecified atom stereocenters. The first kappa shape index (κ1) is 16.3. The van der Waals surface area contributed by atoms with Gasteiger partial charge in [0.25, 0.3) is 0 Å². The standard InChI is InChI=1S/C20H25N3O2/c1-14-4-6-16(7-5-14)18-12-23(11-17-10-15(2)25-22-17)19(24)20(18)8-3-9-21-13-20/h4-7,10,18,21H,3,8-9,11-13H2,1-2H3. The topological polar surface area (TPSA) is 58.4 Å². The summed E-state index contributed by atoms with van der Waals surface area (Å²) in [7, 11) is 0. The van der Waals surface area contributed by atoms with E-state index in [1.165, 1.54) is 11.1 Å². The highest BCUT2D eigenvalue weighted by molar-refractivity contribution is 5.87. The summed E-state index contributed by atoms with van der Waals surface area (Å²) in [5, 5.41) is 7.54. The number of rotatable bonds is 3. The van der Waals surface area contributed by atoms with Crippen LogP contribution < -0.4 is 5.32 Å². The van der Waals surface area contributed by atoms with Gasteiger partial charge in [0.2, 0.25) is 5.91 Å². The van der Waals surface area contributed by atoms with E-state index in [1.807, 2.05) is 17.9 Å². The molecule has 3 heterocycles. The lowest BCUT2D eigenvalue weighted by Gasteiger charge is -2.37. The predicted octanol–water partition coefficient (Wildman–Crippen LogP) is 2.79. The van der Waals surface area contributed by atoms with E-state index in [1.54, 1.807) is 0 Å². The number of piperidine rings is 1. The molecule has 4 rings (SSSR count). The number of aryl methyl sites for hydroxylation is 2. The Morgan fingerprint density at radius 1 is 1.32 bits per heavy atom. The maximum atomic E-state index is 13.4. The number of nitrogens with zero attached hydrogens (tertiary/aromatic N) is 2. The van der Waals surface area contributed by atoms with E-state index in [-0.39, 0.29) is 17.2 Å². The molecule has 2 atom stereocenters. The molecule has 0 radical (unpaired) electrons. The molecular weight excluding hydrogens is 314 g/mol. The summed E-state index contributed by atoms with van der Waals surface area (Å²) < 4.78 is 5.17. The number of carbonyl (C=O) groups excluding carboxylic acids is 1. The van der Waals surface area contributed by atoms with Crippen LogP contribution >= 0.6 is 0 Å². The van der Waals surface area contributed by atoms with Crippen LogP contribution in [0.25, 0.3) is 0 Å². The highest BCUT2D eigenvalue weighted by Gasteiger charge is 2.54. The van der Waals surface area contributed by atoms with E-state index in [4.69, 9.17) is 4.52 Å². The van der Waals surface area contributed by atoms with E-state index < -0.39 is 0 Å². The minimum atomic E-state index is -0.327. The van der Waals surface area contributed by atoms with Gasteiger partial charge >= 0.3 is 0 Å². The lowest BCUT2D eigenvalue weighted by atomic mass is 9.69. The molecule has 2 saturated heterocycles. The van der Waals surface area contributed by atoms with Crippen LogP contribution in [0, 0.1) is 19.3 Å². The Morgan fingerprint density at radius 3 is 2.76 bits per heavy atom. The quantitative estimate of drug-likeness (QED) is 0.934. The number of likely N-dealkylation sites (tertiary alicyclic amines) is 1. The Kier molecular flexibility index (Phi) is 4.12. The molecule has 1 aromatic carbocycles. The number of nitrogens with one attached hydrogen (secondary N) is 1. The van der Waals surface area contributed by atoms with Crippen molar-refractivity contribution in [3.63, 3.8) is 0 Å². The van der Waals surface area contributed by atoms with Gasteiger partial charge in [-0.25, -0.2) is 0 Å². The third-order valence-corrected chi connectivity index (χ3v) is 5.71. The molecule has 2 fully saturated rings. The largest absolute Gasteiger partial charge is 0.361 e. The molecule has 1 N–H and O–H groups in total. The highest BCUT2D eigenvalue weighted by atomic mass is 16.5. The summed E-state index contributed by atoms with van der Waals surface area (Å²) in [6.07, 6.45) is 2.00. The third-order valence-electron chi connectivity index (χ3n) is 5.71. The van der Waals surface area contributed by atoms with Crippen LogP contribution in [0.3, 0.4) is 0 Å². The van der Waals surface area contributed by atoms with E-state index in [0.717, 1.165) is 43.9 Å².